The van der Waals surface area contributed by atoms with Crippen molar-refractivity contribution in [2.45, 2.75) is 19.5 Å². The normalized spacial score (nSPS) is 15.0. The molecule has 0 spiro atoms. The van der Waals surface area contributed by atoms with Gasteiger partial charge in [0.25, 0.3) is 5.91 Å². The maximum Gasteiger partial charge on any atom is 0.416 e. The second kappa shape index (κ2) is 6.86. The number of rotatable bonds is 4. The van der Waals surface area contributed by atoms with E-state index in [1.54, 1.807) is 31.4 Å². The quantitative estimate of drug-likeness (QED) is 0.773. The Hall–Kier alpha value is -2.76. The third-order valence-corrected chi connectivity index (χ3v) is 4.43. The summed E-state index contributed by atoms with van der Waals surface area (Å²) in [4.78, 5) is 14.4. The molecule has 1 amide bonds. The first-order valence-electron chi connectivity index (χ1n) is 8.20. The number of benzene rings is 2. The third kappa shape index (κ3) is 3.31. The first kappa shape index (κ1) is 18.0. The fourth-order valence-corrected chi connectivity index (χ4v) is 3.08. The molecule has 26 heavy (non-hydrogen) atoms. The topological polar surface area (TPSA) is 29.5 Å². The summed E-state index contributed by atoms with van der Waals surface area (Å²) in [7, 11) is 1.54. The van der Waals surface area contributed by atoms with Gasteiger partial charge in [0.15, 0.2) is 0 Å². The molecular weight excluding hydrogens is 343 g/mol. The smallest absolute Gasteiger partial charge is 0.416 e. The minimum Gasteiger partial charge on any atom is -0.497 e. The highest BCUT2D eigenvalue weighted by molar-refractivity contribution is 6.29. The van der Waals surface area contributed by atoms with Crippen LogP contribution in [0, 0.1) is 0 Å². The van der Waals surface area contributed by atoms with Gasteiger partial charge < -0.3 is 9.64 Å². The van der Waals surface area contributed by atoms with Crippen LogP contribution in [-0.4, -0.2) is 19.6 Å². The number of carbonyl (C=O) groups excluding carboxylic acids is 1. The molecule has 0 aromatic heterocycles. The van der Waals surface area contributed by atoms with E-state index in [1.807, 2.05) is 6.92 Å². The average Bonchev–Trinajstić information content (AvgIpc) is 2.97. The number of methoxy groups -OCH3 is 1. The Bertz CT molecular complexity index is 871. The van der Waals surface area contributed by atoms with E-state index >= 15 is 0 Å². The van der Waals surface area contributed by atoms with Gasteiger partial charge in [0, 0.05) is 17.8 Å². The number of halogens is 3. The van der Waals surface area contributed by atoms with Crippen LogP contribution in [0.3, 0.4) is 0 Å². The van der Waals surface area contributed by atoms with E-state index in [0.717, 1.165) is 17.7 Å². The zero-order valence-electron chi connectivity index (χ0n) is 14.4. The van der Waals surface area contributed by atoms with E-state index in [0.29, 0.717) is 23.3 Å². The molecule has 0 saturated carbocycles. The van der Waals surface area contributed by atoms with Gasteiger partial charge in [-0.15, -0.1) is 0 Å². The molecule has 0 radical (unpaired) electrons. The van der Waals surface area contributed by atoms with Crippen molar-refractivity contribution in [2.75, 3.05) is 18.6 Å². The third-order valence-electron chi connectivity index (χ3n) is 4.43. The number of nitrogens with zero attached hydrogens (tertiary/aromatic N) is 1. The van der Waals surface area contributed by atoms with Gasteiger partial charge >= 0.3 is 6.18 Å². The monoisotopic (exact) mass is 361 g/mol. The largest absolute Gasteiger partial charge is 0.497 e. The summed E-state index contributed by atoms with van der Waals surface area (Å²) in [6.07, 6.45) is -3.82. The van der Waals surface area contributed by atoms with Crippen molar-refractivity contribution in [3.63, 3.8) is 0 Å². The number of amides is 1. The maximum absolute atomic E-state index is 13.0. The standard InChI is InChI=1S/C20H18F3NO2/c1-3-13-12-24(16-8-5-7-15(11-16)20(21,22)23)19(25)18(13)14-6-4-9-17(10-14)26-2/h4-11H,3,12H2,1-2H3. The molecule has 2 aromatic carbocycles. The van der Waals surface area contributed by atoms with Crippen molar-refractivity contribution < 1.29 is 22.7 Å². The van der Waals surface area contributed by atoms with Crippen LogP contribution in [0.15, 0.2) is 54.1 Å². The summed E-state index contributed by atoms with van der Waals surface area (Å²) >= 11 is 0. The van der Waals surface area contributed by atoms with Gasteiger partial charge in [-0.1, -0.05) is 25.1 Å². The van der Waals surface area contributed by atoms with Crippen LogP contribution in [0.4, 0.5) is 18.9 Å². The van der Waals surface area contributed by atoms with Crippen molar-refractivity contribution in [1.82, 2.24) is 0 Å². The first-order chi connectivity index (χ1) is 12.3. The SMILES string of the molecule is CCC1=C(c2cccc(OC)c2)C(=O)N(c2cccc(C(F)(F)F)c2)C1. The number of anilines is 1. The summed E-state index contributed by atoms with van der Waals surface area (Å²) in [5, 5.41) is 0. The molecule has 6 heteroatoms. The molecular formula is C20H18F3NO2. The van der Waals surface area contributed by atoms with Crippen LogP contribution in [0.5, 0.6) is 5.75 Å². The van der Waals surface area contributed by atoms with Crippen LogP contribution < -0.4 is 9.64 Å². The highest BCUT2D eigenvalue weighted by Crippen LogP contribution is 2.37. The predicted octanol–water partition coefficient (Wildman–Crippen LogP) is 4.92. The molecule has 0 aliphatic carbocycles. The van der Waals surface area contributed by atoms with E-state index in [1.165, 1.54) is 17.0 Å². The Morgan fingerprint density at radius 1 is 1.12 bits per heavy atom. The highest BCUT2D eigenvalue weighted by atomic mass is 19.4. The van der Waals surface area contributed by atoms with E-state index in [4.69, 9.17) is 4.74 Å². The van der Waals surface area contributed by atoms with Gasteiger partial charge in [0.1, 0.15) is 5.75 Å². The van der Waals surface area contributed by atoms with Gasteiger partial charge in [-0.25, -0.2) is 0 Å². The number of hydrogen-bond donors (Lipinski definition) is 0. The van der Waals surface area contributed by atoms with Crippen molar-refractivity contribution >= 4 is 17.2 Å². The first-order valence-corrected chi connectivity index (χ1v) is 8.20. The van der Waals surface area contributed by atoms with E-state index in [2.05, 4.69) is 0 Å². The maximum atomic E-state index is 13.0. The highest BCUT2D eigenvalue weighted by Gasteiger charge is 2.34. The number of alkyl halides is 3. The molecule has 0 bridgehead atoms. The van der Waals surface area contributed by atoms with Crippen LogP contribution in [0.2, 0.25) is 0 Å². The number of hydrogen-bond acceptors (Lipinski definition) is 2. The summed E-state index contributed by atoms with van der Waals surface area (Å²) in [6, 6.07) is 12.0. The fraction of sp³-hybridized carbons (Fsp3) is 0.250. The molecule has 1 aliphatic heterocycles. The molecule has 1 aliphatic rings. The van der Waals surface area contributed by atoms with Crippen LogP contribution in [0.1, 0.15) is 24.5 Å². The Morgan fingerprint density at radius 2 is 1.85 bits per heavy atom. The van der Waals surface area contributed by atoms with Gasteiger partial charge in [0.05, 0.1) is 12.7 Å². The van der Waals surface area contributed by atoms with Gasteiger partial charge in [0.2, 0.25) is 0 Å². The van der Waals surface area contributed by atoms with Crippen LogP contribution in [-0.2, 0) is 11.0 Å². The lowest BCUT2D eigenvalue weighted by Gasteiger charge is -2.19. The Balaban J connectivity index is 1.99. The number of ether oxygens (including phenoxy) is 1. The van der Waals surface area contributed by atoms with E-state index in [9.17, 15) is 18.0 Å². The minimum absolute atomic E-state index is 0.244. The Labute approximate surface area is 149 Å². The van der Waals surface area contributed by atoms with Crippen LogP contribution in [0.25, 0.3) is 5.57 Å². The molecule has 0 fully saturated rings. The summed E-state index contributed by atoms with van der Waals surface area (Å²) in [5.74, 6) is 0.324. The van der Waals surface area contributed by atoms with E-state index in [-0.39, 0.29) is 18.1 Å². The lowest BCUT2D eigenvalue weighted by Crippen LogP contribution is -2.27. The summed E-state index contributed by atoms with van der Waals surface area (Å²) in [5.41, 5.74) is 1.61. The molecule has 3 rings (SSSR count). The van der Waals surface area contributed by atoms with Gasteiger partial charge in [-0.05, 0) is 47.9 Å². The molecule has 136 valence electrons. The molecule has 3 nitrogen and oxygen atoms in total. The Kier molecular flexibility index (Phi) is 4.76. The van der Waals surface area contributed by atoms with E-state index < -0.39 is 11.7 Å². The lowest BCUT2D eigenvalue weighted by molar-refractivity contribution is -0.137. The van der Waals surface area contributed by atoms with Crippen molar-refractivity contribution in [3.05, 3.63) is 65.2 Å². The predicted molar refractivity (Wildman–Crippen MR) is 94.0 cm³/mol. The zero-order chi connectivity index (χ0) is 18.9. The Morgan fingerprint density at radius 3 is 2.50 bits per heavy atom. The molecule has 1 heterocycles. The van der Waals surface area contributed by atoms with Gasteiger partial charge in [-0.2, -0.15) is 13.2 Å². The summed E-state index contributed by atoms with van der Waals surface area (Å²) < 4.78 is 44.2. The van der Waals surface area contributed by atoms with Crippen molar-refractivity contribution in [2.24, 2.45) is 0 Å². The van der Waals surface area contributed by atoms with Gasteiger partial charge in [-0.3, -0.25) is 4.79 Å². The minimum atomic E-state index is -4.45. The number of carbonyl (C=O) groups is 1. The zero-order valence-corrected chi connectivity index (χ0v) is 14.4. The molecule has 2 aromatic rings. The lowest BCUT2D eigenvalue weighted by atomic mass is 10.0. The second-order valence-electron chi connectivity index (χ2n) is 6.00. The average molecular weight is 361 g/mol. The molecule has 0 N–H and O–H groups in total. The molecule has 0 atom stereocenters. The van der Waals surface area contributed by atoms with Crippen LogP contribution >= 0.6 is 0 Å². The van der Waals surface area contributed by atoms with Crippen molar-refractivity contribution in [1.29, 1.82) is 0 Å². The molecule has 0 unspecified atom stereocenters. The second-order valence-corrected chi connectivity index (χ2v) is 6.00. The van der Waals surface area contributed by atoms with Crippen molar-refractivity contribution in [3.8, 4) is 5.75 Å². The fourth-order valence-electron chi connectivity index (χ4n) is 3.08. The molecule has 0 saturated heterocycles. The summed E-state index contributed by atoms with van der Waals surface area (Å²) in [6.45, 7) is 2.21.